The van der Waals surface area contributed by atoms with Crippen molar-refractivity contribution < 1.29 is 49.0 Å². The fraction of sp³-hybridized carbons (Fsp3) is 0.811. The normalized spacial score (nSPS) is 19.9. The van der Waals surface area contributed by atoms with E-state index in [2.05, 4.69) is 62.5 Å². The first-order chi connectivity index (χ1) is 30.8. The maximum Gasteiger partial charge on any atom is 0.306 e. The molecule has 1 aliphatic heterocycles. The van der Waals surface area contributed by atoms with Crippen LogP contribution in [0.1, 0.15) is 219 Å². The smallest absolute Gasteiger partial charge is 0.306 e. The molecule has 2 unspecified atom stereocenters. The Morgan fingerprint density at radius 3 is 1.38 bits per heavy atom. The van der Waals surface area contributed by atoms with Gasteiger partial charge in [-0.05, 0) is 51.4 Å². The second-order valence-corrected chi connectivity index (χ2v) is 17.6. The zero-order valence-corrected chi connectivity index (χ0v) is 40.1. The van der Waals surface area contributed by atoms with Gasteiger partial charge in [0.15, 0.2) is 12.4 Å². The van der Waals surface area contributed by atoms with Crippen LogP contribution in [-0.2, 0) is 28.5 Å². The SMILES string of the molecule is CCCCC/C=C/C/C=C/C/C=C/C/C=C/CCCC(=O)OC[C@H](CO[C@@H]1O[C@H](CO)[C@H](O)C(O)C1O)OC(=O)CCCCCCCCCCCCCCCCCCCCCCC. The number of unbranched alkanes of at least 4 members (excludes halogenated alkanes) is 24. The van der Waals surface area contributed by atoms with E-state index in [1.54, 1.807) is 0 Å². The van der Waals surface area contributed by atoms with Crippen LogP contribution in [0.2, 0.25) is 0 Å². The predicted molar refractivity (Wildman–Crippen MR) is 256 cm³/mol. The number of ether oxygens (including phenoxy) is 4. The first kappa shape index (κ1) is 58.7. The summed E-state index contributed by atoms with van der Waals surface area (Å²) in [4.78, 5) is 25.4. The van der Waals surface area contributed by atoms with Gasteiger partial charge in [-0.25, -0.2) is 0 Å². The van der Waals surface area contributed by atoms with Crippen LogP contribution in [0.4, 0.5) is 0 Å². The van der Waals surface area contributed by atoms with Crippen LogP contribution in [0.5, 0.6) is 0 Å². The van der Waals surface area contributed by atoms with Crippen LogP contribution in [-0.4, -0.2) is 89.0 Å². The van der Waals surface area contributed by atoms with Gasteiger partial charge >= 0.3 is 11.9 Å². The Balaban J connectivity index is 2.29. The fourth-order valence-electron chi connectivity index (χ4n) is 7.65. The Morgan fingerprint density at radius 2 is 0.905 bits per heavy atom. The number of aliphatic hydroxyl groups is 4. The molecule has 0 aliphatic carbocycles. The van der Waals surface area contributed by atoms with E-state index in [-0.39, 0.29) is 26.1 Å². The second kappa shape index (κ2) is 43.5. The summed E-state index contributed by atoms with van der Waals surface area (Å²) in [5.41, 5.74) is 0. The maximum absolute atomic E-state index is 12.8. The lowest BCUT2D eigenvalue weighted by atomic mass is 9.99. The lowest BCUT2D eigenvalue weighted by Crippen LogP contribution is -2.59. The minimum atomic E-state index is -1.60. The van der Waals surface area contributed by atoms with E-state index < -0.39 is 55.4 Å². The third-order valence-electron chi connectivity index (χ3n) is 11.7. The molecule has 0 amide bonds. The van der Waals surface area contributed by atoms with Crippen LogP contribution in [0.3, 0.4) is 0 Å². The van der Waals surface area contributed by atoms with E-state index in [1.165, 1.54) is 135 Å². The van der Waals surface area contributed by atoms with Crippen LogP contribution in [0.25, 0.3) is 0 Å². The van der Waals surface area contributed by atoms with Crippen molar-refractivity contribution in [2.24, 2.45) is 0 Å². The quantitative estimate of drug-likeness (QED) is 0.0264. The van der Waals surface area contributed by atoms with E-state index in [4.69, 9.17) is 18.9 Å². The molecule has 1 rings (SSSR count). The molecule has 0 spiro atoms. The molecule has 1 fully saturated rings. The third-order valence-corrected chi connectivity index (χ3v) is 11.7. The number of hydrogen-bond donors (Lipinski definition) is 4. The summed E-state index contributed by atoms with van der Waals surface area (Å²) in [5, 5.41) is 40.2. The molecule has 0 aromatic rings. The van der Waals surface area contributed by atoms with Crippen LogP contribution in [0, 0.1) is 0 Å². The van der Waals surface area contributed by atoms with E-state index in [1.807, 2.05) is 0 Å². The number of aliphatic hydroxyl groups excluding tert-OH is 4. The lowest BCUT2D eigenvalue weighted by molar-refractivity contribution is -0.305. The highest BCUT2D eigenvalue weighted by atomic mass is 16.7. The fourth-order valence-corrected chi connectivity index (χ4v) is 7.65. The third kappa shape index (κ3) is 34.6. The van der Waals surface area contributed by atoms with Gasteiger partial charge in [0.2, 0.25) is 0 Å². The number of esters is 2. The van der Waals surface area contributed by atoms with Gasteiger partial charge in [-0.3, -0.25) is 9.59 Å². The summed E-state index contributed by atoms with van der Waals surface area (Å²) >= 11 is 0. The van der Waals surface area contributed by atoms with Crippen LogP contribution < -0.4 is 0 Å². The topological polar surface area (TPSA) is 152 Å². The second-order valence-electron chi connectivity index (χ2n) is 17.6. The van der Waals surface area contributed by atoms with Crippen molar-refractivity contribution in [3.63, 3.8) is 0 Å². The van der Waals surface area contributed by atoms with E-state index in [0.29, 0.717) is 12.8 Å². The minimum absolute atomic E-state index is 0.200. The number of carbonyl (C=O) groups is 2. The maximum atomic E-state index is 12.8. The van der Waals surface area contributed by atoms with Gasteiger partial charge in [0.05, 0.1) is 13.2 Å². The van der Waals surface area contributed by atoms with Crippen LogP contribution in [0.15, 0.2) is 48.6 Å². The molecular weight excluding hydrogens is 797 g/mol. The standard InChI is InChI=1S/C53H94O10/c1-3-5-7-9-11-13-15-17-19-21-22-23-24-26-28-30-32-34-36-38-40-42-49(56)62-46(45-61-53-52(59)51(58)50(57)47(43-54)63-53)44-60-48(55)41-39-37-35-33-31-29-27-25-20-18-16-14-12-10-8-6-4-2/h12,14,18,20,27,29,33,35,46-47,50-54,57-59H,3-11,13,15-17,19,21-26,28,30-32,34,36-45H2,1-2H3/b14-12+,20-18+,29-27+,35-33+/t46-,47-,50+,51?,52?,53-/m1/s1. The molecule has 4 N–H and O–H groups in total. The van der Waals surface area contributed by atoms with Crippen molar-refractivity contribution in [2.45, 2.75) is 256 Å². The first-order valence-electron chi connectivity index (χ1n) is 25.7. The Morgan fingerprint density at radius 1 is 0.492 bits per heavy atom. The molecule has 10 nitrogen and oxygen atoms in total. The Bertz CT molecular complexity index is 1170. The molecule has 0 aromatic carbocycles. The molecule has 0 radical (unpaired) electrons. The zero-order valence-electron chi connectivity index (χ0n) is 40.1. The number of allylic oxidation sites excluding steroid dienone is 8. The predicted octanol–water partition coefficient (Wildman–Crippen LogP) is 12.0. The zero-order chi connectivity index (χ0) is 45.9. The largest absolute Gasteiger partial charge is 0.462 e. The number of carbonyl (C=O) groups excluding carboxylic acids is 2. The average molecular weight is 891 g/mol. The number of hydrogen-bond acceptors (Lipinski definition) is 10. The van der Waals surface area contributed by atoms with E-state index in [9.17, 15) is 30.0 Å². The summed E-state index contributed by atoms with van der Waals surface area (Å²) in [6.07, 6.45) is 45.5. The summed E-state index contributed by atoms with van der Waals surface area (Å²) in [5.74, 6) is -0.865. The average Bonchev–Trinajstić information content (AvgIpc) is 3.28. The van der Waals surface area contributed by atoms with E-state index in [0.717, 1.165) is 44.9 Å². The molecule has 0 saturated carbocycles. The van der Waals surface area contributed by atoms with Gasteiger partial charge in [-0.15, -0.1) is 0 Å². The first-order valence-corrected chi connectivity index (χ1v) is 25.7. The molecule has 366 valence electrons. The van der Waals surface area contributed by atoms with Gasteiger partial charge < -0.3 is 39.4 Å². The van der Waals surface area contributed by atoms with Gasteiger partial charge in [0.25, 0.3) is 0 Å². The van der Waals surface area contributed by atoms with Crippen molar-refractivity contribution in [3.05, 3.63) is 48.6 Å². The summed E-state index contributed by atoms with van der Waals surface area (Å²) in [6.45, 7) is 3.37. The van der Waals surface area contributed by atoms with Gasteiger partial charge in [0.1, 0.15) is 31.0 Å². The van der Waals surface area contributed by atoms with Crippen molar-refractivity contribution in [1.82, 2.24) is 0 Å². The minimum Gasteiger partial charge on any atom is -0.462 e. The highest BCUT2D eigenvalue weighted by molar-refractivity contribution is 5.70. The van der Waals surface area contributed by atoms with Crippen molar-refractivity contribution in [2.75, 3.05) is 19.8 Å². The Kier molecular flexibility index (Phi) is 40.6. The van der Waals surface area contributed by atoms with Crippen LogP contribution >= 0.6 is 0 Å². The van der Waals surface area contributed by atoms with Crippen molar-refractivity contribution in [1.29, 1.82) is 0 Å². The molecule has 6 atom stereocenters. The van der Waals surface area contributed by atoms with Crippen molar-refractivity contribution in [3.8, 4) is 0 Å². The van der Waals surface area contributed by atoms with E-state index >= 15 is 0 Å². The Hall–Kier alpha value is -2.34. The van der Waals surface area contributed by atoms with Gasteiger partial charge in [-0.1, -0.05) is 204 Å². The van der Waals surface area contributed by atoms with Gasteiger partial charge in [-0.2, -0.15) is 0 Å². The molecule has 1 saturated heterocycles. The lowest BCUT2D eigenvalue weighted by Gasteiger charge is -2.39. The molecule has 63 heavy (non-hydrogen) atoms. The monoisotopic (exact) mass is 891 g/mol. The van der Waals surface area contributed by atoms with Gasteiger partial charge in [0, 0.05) is 12.8 Å². The molecule has 1 heterocycles. The molecule has 0 bridgehead atoms. The summed E-state index contributed by atoms with van der Waals surface area (Å²) in [7, 11) is 0. The summed E-state index contributed by atoms with van der Waals surface area (Å²) < 4.78 is 22.2. The Labute approximate surface area is 384 Å². The highest BCUT2D eigenvalue weighted by Gasteiger charge is 2.44. The highest BCUT2D eigenvalue weighted by Crippen LogP contribution is 2.23. The number of rotatable bonds is 43. The summed E-state index contributed by atoms with van der Waals surface area (Å²) in [6, 6.07) is 0. The molecule has 0 aromatic heterocycles. The van der Waals surface area contributed by atoms with Crippen molar-refractivity contribution >= 4 is 11.9 Å². The molecule has 10 heteroatoms. The molecule has 1 aliphatic rings. The molecular formula is C53H94O10.